The Labute approximate surface area is 71.6 Å². The molecular formula is C6H5N5O2. The van der Waals surface area contributed by atoms with E-state index in [4.69, 9.17) is 10.3 Å². The molecule has 2 heterocycles. The molecule has 66 valence electrons. The van der Waals surface area contributed by atoms with E-state index in [9.17, 15) is 4.79 Å². The molecule has 0 unspecified atom stereocenters. The average molecular weight is 179 g/mol. The summed E-state index contributed by atoms with van der Waals surface area (Å²) in [4.78, 5) is 14.4. The molecule has 0 saturated heterocycles. The Kier molecular flexibility index (Phi) is 1.55. The van der Waals surface area contributed by atoms with Gasteiger partial charge in [0.25, 0.3) is 17.4 Å². The van der Waals surface area contributed by atoms with Gasteiger partial charge in [-0.05, 0) is 11.2 Å². The van der Waals surface area contributed by atoms with Crippen LogP contribution in [0, 0.1) is 0 Å². The van der Waals surface area contributed by atoms with Crippen molar-refractivity contribution in [3.8, 4) is 11.6 Å². The van der Waals surface area contributed by atoms with Crippen LogP contribution < -0.4 is 11.3 Å². The minimum atomic E-state index is -0.295. The SMILES string of the molecule is Nc1noc(-c2ccc(=O)[nH]n2)n1. The van der Waals surface area contributed by atoms with Crippen LogP contribution in [-0.4, -0.2) is 20.3 Å². The van der Waals surface area contributed by atoms with Crippen LogP contribution in [0.1, 0.15) is 0 Å². The van der Waals surface area contributed by atoms with E-state index in [-0.39, 0.29) is 17.4 Å². The molecule has 0 fully saturated rings. The number of nitrogen functional groups attached to an aromatic ring is 1. The standard InChI is InChI=1S/C6H5N5O2/c7-6-8-5(13-11-6)3-1-2-4(12)10-9-3/h1-2H,(H2,7,11)(H,10,12). The molecule has 0 radical (unpaired) electrons. The molecule has 2 aromatic heterocycles. The van der Waals surface area contributed by atoms with E-state index in [1.165, 1.54) is 12.1 Å². The zero-order chi connectivity index (χ0) is 9.26. The van der Waals surface area contributed by atoms with E-state index in [1.807, 2.05) is 0 Å². The Hall–Kier alpha value is -2.18. The molecule has 0 bridgehead atoms. The Morgan fingerprint density at radius 2 is 2.31 bits per heavy atom. The van der Waals surface area contributed by atoms with Gasteiger partial charge in [-0.3, -0.25) is 4.79 Å². The predicted molar refractivity (Wildman–Crippen MR) is 42.6 cm³/mol. The van der Waals surface area contributed by atoms with Gasteiger partial charge in [-0.15, -0.1) is 0 Å². The summed E-state index contributed by atoms with van der Waals surface area (Å²) in [5.74, 6) is 0.205. The first-order chi connectivity index (χ1) is 6.25. The van der Waals surface area contributed by atoms with Gasteiger partial charge in [-0.2, -0.15) is 10.1 Å². The second-order valence-electron chi connectivity index (χ2n) is 2.26. The number of nitrogens with zero attached hydrogens (tertiary/aromatic N) is 3. The van der Waals surface area contributed by atoms with Gasteiger partial charge in [0.1, 0.15) is 5.69 Å². The minimum absolute atomic E-state index is 0.0306. The summed E-state index contributed by atoms with van der Waals surface area (Å²) in [7, 11) is 0. The minimum Gasteiger partial charge on any atom is -0.365 e. The predicted octanol–water partition coefficient (Wildman–Crippen LogP) is -0.598. The van der Waals surface area contributed by atoms with Crippen molar-refractivity contribution in [2.75, 3.05) is 5.73 Å². The third-order valence-corrected chi connectivity index (χ3v) is 1.34. The van der Waals surface area contributed by atoms with Crippen molar-refractivity contribution in [2.45, 2.75) is 0 Å². The van der Waals surface area contributed by atoms with Crippen molar-refractivity contribution in [3.05, 3.63) is 22.5 Å². The van der Waals surface area contributed by atoms with E-state index >= 15 is 0 Å². The molecule has 13 heavy (non-hydrogen) atoms. The highest BCUT2D eigenvalue weighted by atomic mass is 16.5. The molecule has 0 aliphatic carbocycles. The summed E-state index contributed by atoms with van der Waals surface area (Å²) in [6, 6.07) is 2.77. The van der Waals surface area contributed by atoms with E-state index in [1.54, 1.807) is 0 Å². The Bertz CT molecular complexity index is 453. The molecule has 0 spiro atoms. The first kappa shape index (κ1) is 7.47. The summed E-state index contributed by atoms with van der Waals surface area (Å²) in [5.41, 5.74) is 5.31. The number of nitrogens with two attached hydrogens (primary N) is 1. The molecule has 2 rings (SSSR count). The van der Waals surface area contributed by atoms with Crippen molar-refractivity contribution in [1.29, 1.82) is 0 Å². The van der Waals surface area contributed by atoms with Crippen molar-refractivity contribution >= 4 is 5.95 Å². The first-order valence-electron chi connectivity index (χ1n) is 3.41. The number of H-pyrrole nitrogens is 1. The number of anilines is 1. The summed E-state index contributed by atoms with van der Waals surface area (Å²) < 4.78 is 4.72. The first-order valence-corrected chi connectivity index (χ1v) is 3.41. The van der Waals surface area contributed by atoms with E-state index in [0.717, 1.165) is 0 Å². The van der Waals surface area contributed by atoms with Crippen molar-refractivity contribution in [3.63, 3.8) is 0 Å². The molecule has 0 amide bonds. The fourth-order valence-electron chi connectivity index (χ4n) is 0.802. The molecule has 2 aromatic rings. The second-order valence-corrected chi connectivity index (χ2v) is 2.26. The highest BCUT2D eigenvalue weighted by Gasteiger charge is 2.07. The van der Waals surface area contributed by atoms with E-state index < -0.39 is 0 Å². The Morgan fingerprint density at radius 1 is 1.46 bits per heavy atom. The molecule has 3 N–H and O–H groups in total. The number of aromatic nitrogens is 4. The lowest BCUT2D eigenvalue weighted by atomic mass is 10.4. The van der Waals surface area contributed by atoms with E-state index in [0.29, 0.717) is 5.69 Å². The largest absolute Gasteiger partial charge is 0.365 e. The lowest BCUT2D eigenvalue weighted by molar-refractivity contribution is 0.431. The summed E-state index contributed by atoms with van der Waals surface area (Å²) in [6.45, 7) is 0. The molecule has 0 atom stereocenters. The average Bonchev–Trinajstić information content (AvgIpc) is 2.53. The maximum Gasteiger partial charge on any atom is 0.279 e. The summed E-state index contributed by atoms with van der Waals surface area (Å²) in [6.07, 6.45) is 0. The van der Waals surface area contributed by atoms with Gasteiger partial charge in [0.05, 0.1) is 0 Å². The normalized spacial score (nSPS) is 10.2. The third-order valence-electron chi connectivity index (χ3n) is 1.34. The highest BCUT2D eigenvalue weighted by Crippen LogP contribution is 2.11. The van der Waals surface area contributed by atoms with Crippen LogP contribution in [0.15, 0.2) is 21.5 Å². The molecular weight excluding hydrogens is 174 g/mol. The van der Waals surface area contributed by atoms with Gasteiger partial charge >= 0.3 is 0 Å². The van der Waals surface area contributed by atoms with Crippen molar-refractivity contribution in [1.82, 2.24) is 20.3 Å². The quantitative estimate of drug-likeness (QED) is 0.604. The summed E-state index contributed by atoms with van der Waals surface area (Å²) in [5, 5.41) is 9.28. The Morgan fingerprint density at radius 3 is 2.85 bits per heavy atom. The van der Waals surface area contributed by atoms with Crippen LogP contribution in [0.25, 0.3) is 11.6 Å². The lowest BCUT2D eigenvalue weighted by Crippen LogP contribution is -2.05. The summed E-state index contributed by atoms with van der Waals surface area (Å²) >= 11 is 0. The topological polar surface area (TPSA) is 111 Å². The molecule has 7 heteroatoms. The maximum atomic E-state index is 10.6. The fraction of sp³-hybridized carbons (Fsp3) is 0. The van der Waals surface area contributed by atoms with Crippen LogP contribution in [0.3, 0.4) is 0 Å². The van der Waals surface area contributed by atoms with Gasteiger partial charge in [0, 0.05) is 6.07 Å². The van der Waals surface area contributed by atoms with Gasteiger partial charge in [-0.25, -0.2) is 5.10 Å². The van der Waals surface area contributed by atoms with Gasteiger partial charge < -0.3 is 10.3 Å². The number of rotatable bonds is 1. The molecule has 0 saturated carbocycles. The number of aromatic amines is 1. The Balaban J connectivity index is 2.47. The lowest BCUT2D eigenvalue weighted by Gasteiger charge is -1.88. The third kappa shape index (κ3) is 1.39. The van der Waals surface area contributed by atoms with Crippen molar-refractivity contribution < 1.29 is 4.52 Å². The van der Waals surface area contributed by atoms with Crippen LogP contribution in [-0.2, 0) is 0 Å². The number of hydrogen-bond donors (Lipinski definition) is 2. The fourth-order valence-corrected chi connectivity index (χ4v) is 0.802. The monoisotopic (exact) mass is 179 g/mol. The molecule has 0 aliphatic heterocycles. The van der Waals surface area contributed by atoms with Gasteiger partial charge in [0.2, 0.25) is 0 Å². The molecule has 0 aromatic carbocycles. The molecule has 0 aliphatic rings. The van der Waals surface area contributed by atoms with Crippen molar-refractivity contribution in [2.24, 2.45) is 0 Å². The van der Waals surface area contributed by atoms with Crippen LogP contribution in [0.4, 0.5) is 5.95 Å². The van der Waals surface area contributed by atoms with Gasteiger partial charge in [-0.1, -0.05) is 0 Å². The second kappa shape index (κ2) is 2.70. The maximum absolute atomic E-state index is 10.6. The number of hydrogen-bond acceptors (Lipinski definition) is 6. The van der Waals surface area contributed by atoms with Crippen LogP contribution in [0.5, 0.6) is 0 Å². The zero-order valence-electron chi connectivity index (χ0n) is 6.39. The highest BCUT2D eigenvalue weighted by molar-refractivity contribution is 5.46. The van der Waals surface area contributed by atoms with Gasteiger partial charge in [0.15, 0.2) is 0 Å². The van der Waals surface area contributed by atoms with E-state index in [2.05, 4.69) is 20.3 Å². The molecule has 7 nitrogen and oxygen atoms in total. The van der Waals surface area contributed by atoms with Crippen LogP contribution >= 0.6 is 0 Å². The van der Waals surface area contributed by atoms with Crippen LogP contribution in [0.2, 0.25) is 0 Å². The zero-order valence-corrected chi connectivity index (χ0v) is 6.39. The smallest absolute Gasteiger partial charge is 0.279 e. The number of nitrogens with one attached hydrogen (secondary N) is 1.